The van der Waals surface area contributed by atoms with Gasteiger partial charge in [0.15, 0.2) is 0 Å². The molecule has 2 rings (SSSR count). The van der Waals surface area contributed by atoms with Crippen molar-refractivity contribution >= 4 is 11.7 Å². The molecule has 1 aromatic rings. The molecular weight excluding hydrogens is 218 g/mol. The zero-order valence-electron chi connectivity index (χ0n) is 9.69. The number of carboxylic acids is 1. The third-order valence-corrected chi connectivity index (χ3v) is 3.02. The van der Waals surface area contributed by atoms with Gasteiger partial charge < -0.3 is 15.2 Å². The minimum Gasteiger partial charge on any atom is -0.478 e. The maximum Gasteiger partial charge on any atom is 0.335 e. The van der Waals surface area contributed by atoms with E-state index in [1.54, 1.807) is 18.2 Å². The molecule has 1 unspecified atom stereocenters. The van der Waals surface area contributed by atoms with Gasteiger partial charge in [-0.15, -0.1) is 0 Å². The largest absolute Gasteiger partial charge is 0.478 e. The molecule has 1 fully saturated rings. The summed E-state index contributed by atoms with van der Waals surface area (Å²) in [6.45, 7) is 2.59. The van der Waals surface area contributed by atoms with Crippen LogP contribution in [0.5, 0.6) is 0 Å². The van der Waals surface area contributed by atoms with E-state index in [1.807, 2.05) is 6.07 Å². The molecule has 0 spiro atoms. The first kappa shape index (κ1) is 11.9. The standard InChI is InChI=1S/C13H17NO3/c15-13(16)11-2-1-3-12(8-11)14-6-4-10-5-7-17-9-10/h1-3,8,10,14H,4-7,9H2,(H,15,16). The van der Waals surface area contributed by atoms with E-state index in [0.717, 1.165) is 38.3 Å². The second-order valence-corrected chi connectivity index (χ2v) is 4.33. The number of nitrogens with one attached hydrogen (secondary N) is 1. The van der Waals surface area contributed by atoms with Crippen molar-refractivity contribution in [1.82, 2.24) is 0 Å². The van der Waals surface area contributed by atoms with Gasteiger partial charge >= 0.3 is 5.97 Å². The Bertz CT molecular complexity index is 386. The first-order valence-corrected chi connectivity index (χ1v) is 5.90. The lowest BCUT2D eigenvalue weighted by Gasteiger charge is -2.10. The Hall–Kier alpha value is -1.55. The number of aromatic carboxylic acids is 1. The molecule has 1 aromatic carbocycles. The predicted molar refractivity (Wildman–Crippen MR) is 65.4 cm³/mol. The Balaban J connectivity index is 1.81. The van der Waals surface area contributed by atoms with Crippen LogP contribution in [0.1, 0.15) is 23.2 Å². The molecule has 17 heavy (non-hydrogen) atoms. The summed E-state index contributed by atoms with van der Waals surface area (Å²) in [5.41, 5.74) is 1.18. The number of carboxylic acid groups (broad SMARTS) is 1. The highest BCUT2D eigenvalue weighted by Crippen LogP contribution is 2.17. The van der Waals surface area contributed by atoms with Gasteiger partial charge in [-0.05, 0) is 37.0 Å². The minimum atomic E-state index is -0.891. The van der Waals surface area contributed by atoms with Crippen LogP contribution in [0.2, 0.25) is 0 Å². The molecule has 1 saturated heterocycles. The van der Waals surface area contributed by atoms with Crippen molar-refractivity contribution in [2.24, 2.45) is 5.92 Å². The van der Waals surface area contributed by atoms with Crippen LogP contribution in [0.25, 0.3) is 0 Å². The van der Waals surface area contributed by atoms with Gasteiger partial charge in [-0.3, -0.25) is 0 Å². The lowest BCUT2D eigenvalue weighted by molar-refractivity contribution is 0.0697. The molecule has 2 N–H and O–H groups in total. The second-order valence-electron chi connectivity index (χ2n) is 4.33. The highest BCUT2D eigenvalue weighted by molar-refractivity contribution is 5.88. The number of ether oxygens (including phenoxy) is 1. The molecule has 0 aliphatic carbocycles. The van der Waals surface area contributed by atoms with Gasteiger partial charge in [0.2, 0.25) is 0 Å². The predicted octanol–water partition coefficient (Wildman–Crippen LogP) is 2.22. The third-order valence-electron chi connectivity index (χ3n) is 3.02. The summed E-state index contributed by atoms with van der Waals surface area (Å²) in [5.74, 6) is -0.247. The summed E-state index contributed by atoms with van der Waals surface area (Å²) in [7, 11) is 0. The van der Waals surface area contributed by atoms with E-state index in [2.05, 4.69) is 5.32 Å². The number of hydrogen-bond donors (Lipinski definition) is 2. The molecule has 1 heterocycles. The molecular formula is C13H17NO3. The number of anilines is 1. The molecule has 4 nitrogen and oxygen atoms in total. The topological polar surface area (TPSA) is 58.6 Å². The molecule has 0 radical (unpaired) electrons. The van der Waals surface area contributed by atoms with Gasteiger partial charge in [0.1, 0.15) is 0 Å². The molecule has 0 saturated carbocycles. The average molecular weight is 235 g/mol. The van der Waals surface area contributed by atoms with Gasteiger partial charge in [0.25, 0.3) is 0 Å². The number of hydrogen-bond acceptors (Lipinski definition) is 3. The van der Waals surface area contributed by atoms with Crippen molar-refractivity contribution in [3.8, 4) is 0 Å². The minimum absolute atomic E-state index is 0.319. The van der Waals surface area contributed by atoms with E-state index in [9.17, 15) is 4.79 Å². The van der Waals surface area contributed by atoms with Crippen molar-refractivity contribution < 1.29 is 14.6 Å². The zero-order valence-corrected chi connectivity index (χ0v) is 9.69. The highest BCUT2D eigenvalue weighted by atomic mass is 16.5. The summed E-state index contributed by atoms with van der Waals surface area (Å²) >= 11 is 0. The smallest absolute Gasteiger partial charge is 0.335 e. The normalized spacial score (nSPS) is 19.2. The van der Waals surface area contributed by atoms with Crippen molar-refractivity contribution in [3.63, 3.8) is 0 Å². The van der Waals surface area contributed by atoms with Gasteiger partial charge in [0.05, 0.1) is 5.56 Å². The van der Waals surface area contributed by atoms with E-state index < -0.39 is 5.97 Å². The Morgan fingerprint density at radius 1 is 1.53 bits per heavy atom. The van der Waals surface area contributed by atoms with Crippen LogP contribution >= 0.6 is 0 Å². The van der Waals surface area contributed by atoms with E-state index >= 15 is 0 Å². The Labute approximate surface area is 101 Å². The highest BCUT2D eigenvalue weighted by Gasteiger charge is 2.14. The molecule has 1 aliphatic rings. The van der Waals surface area contributed by atoms with E-state index in [-0.39, 0.29) is 0 Å². The molecule has 0 bridgehead atoms. The summed E-state index contributed by atoms with van der Waals surface area (Å²) in [6.07, 6.45) is 2.20. The summed E-state index contributed by atoms with van der Waals surface area (Å²) in [5, 5.41) is 12.1. The zero-order chi connectivity index (χ0) is 12.1. The summed E-state index contributed by atoms with van der Waals surface area (Å²) < 4.78 is 5.30. The number of benzene rings is 1. The molecule has 92 valence electrons. The van der Waals surface area contributed by atoms with Crippen molar-refractivity contribution in [2.75, 3.05) is 25.1 Å². The van der Waals surface area contributed by atoms with Gasteiger partial charge in [-0.25, -0.2) is 4.79 Å². The van der Waals surface area contributed by atoms with Crippen LogP contribution in [-0.2, 0) is 4.74 Å². The fraction of sp³-hybridized carbons (Fsp3) is 0.462. The van der Waals surface area contributed by atoms with Crippen LogP contribution in [0, 0.1) is 5.92 Å². The van der Waals surface area contributed by atoms with Crippen LogP contribution in [-0.4, -0.2) is 30.8 Å². The van der Waals surface area contributed by atoms with Gasteiger partial charge in [0, 0.05) is 25.4 Å². The fourth-order valence-corrected chi connectivity index (χ4v) is 1.99. The maximum absolute atomic E-state index is 10.8. The molecule has 0 amide bonds. The van der Waals surface area contributed by atoms with Crippen molar-refractivity contribution in [1.29, 1.82) is 0 Å². The molecule has 1 atom stereocenters. The monoisotopic (exact) mass is 235 g/mol. The van der Waals surface area contributed by atoms with E-state index in [4.69, 9.17) is 9.84 Å². The van der Waals surface area contributed by atoms with Crippen LogP contribution in [0.15, 0.2) is 24.3 Å². The molecule has 1 aliphatic heterocycles. The lowest BCUT2D eigenvalue weighted by atomic mass is 10.1. The van der Waals surface area contributed by atoms with Crippen molar-refractivity contribution in [2.45, 2.75) is 12.8 Å². The van der Waals surface area contributed by atoms with E-state index in [0.29, 0.717) is 11.5 Å². The Morgan fingerprint density at radius 3 is 3.12 bits per heavy atom. The quantitative estimate of drug-likeness (QED) is 0.821. The van der Waals surface area contributed by atoms with Crippen molar-refractivity contribution in [3.05, 3.63) is 29.8 Å². The van der Waals surface area contributed by atoms with Crippen LogP contribution in [0.3, 0.4) is 0 Å². The fourth-order valence-electron chi connectivity index (χ4n) is 1.99. The van der Waals surface area contributed by atoms with Crippen LogP contribution < -0.4 is 5.32 Å². The first-order chi connectivity index (χ1) is 8.25. The SMILES string of the molecule is O=C(O)c1cccc(NCCC2CCOC2)c1. The molecule has 4 heteroatoms. The third kappa shape index (κ3) is 3.46. The lowest BCUT2D eigenvalue weighted by Crippen LogP contribution is -2.09. The Morgan fingerprint density at radius 2 is 2.41 bits per heavy atom. The summed E-state index contributed by atoms with van der Waals surface area (Å²) in [6, 6.07) is 6.90. The van der Waals surface area contributed by atoms with E-state index in [1.165, 1.54) is 0 Å². The Kier molecular flexibility index (Phi) is 3.98. The first-order valence-electron chi connectivity index (χ1n) is 5.90. The van der Waals surface area contributed by atoms with Gasteiger partial charge in [-0.2, -0.15) is 0 Å². The number of rotatable bonds is 5. The average Bonchev–Trinajstić information content (AvgIpc) is 2.82. The van der Waals surface area contributed by atoms with Gasteiger partial charge in [-0.1, -0.05) is 6.07 Å². The maximum atomic E-state index is 10.8. The van der Waals surface area contributed by atoms with Crippen LogP contribution in [0.4, 0.5) is 5.69 Å². The second kappa shape index (κ2) is 5.68. The molecule has 0 aromatic heterocycles. The number of carbonyl (C=O) groups is 1. The summed E-state index contributed by atoms with van der Waals surface area (Å²) in [4.78, 5) is 10.8.